The Hall–Kier alpha value is -1.33. The number of nitrogens with zero attached hydrogens (tertiary/aromatic N) is 3. The van der Waals surface area contributed by atoms with Crippen molar-refractivity contribution in [3.63, 3.8) is 0 Å². The summed E-state index contributed by atoms with van der Waals surface area (Å²) in [5.74, 6) is 2.11. The number of imidazole rings is 2. The molecule has 0 aliphatic carbocycles. The Labute approximate surface area is 98.4 Å². The van der Waals surface area contributed by atoms with Crippen LogP contribution in [0.2, 0.25) is 0 Å². The lowest BCUT2D eigenvalue weighted by molar-refractivity contribution is 0.141. The highest BCUT2D eigenvalue weighted by Gasteiger charge is 2.06. The molecule has 0 spiro atoms. The van der Waals surface area contributed by atoms with Crippen molar-refractivity contribution < 1.29 is 4.74 Å². The monoisotopic (exact) mass is 240 g/mol. The van der Waals surface area contributed by atoms with E-state index in [0.29, 0.717) is 19.1 Å². The van der Waals surface area contributed by atoms with Gasteiger partial charge in [-0.25, -0.2) is 9.97 Å². The maximum atomic E-state index is 5.52. The molecule has 5 nitrogen and oxygen atoms in total. The lowest BCUT2D eigenvalue weighted by atomic mass is 10.5. The third-order valence-corrected chi connectivity index (χ3v) is 2.28. The number of hydrogen-bond acceptors (Lipinski definition) is 3. The number of nitrogens with one attached hydrogen (secondary N) is 1. The van der Waals surface area contributed by atoms with Crippen LogP contribution in [0.1, 0.15) is 0 Å². The molecule has 0 saturated carbocycles. The molecule has 0 radical (unpaired) electrons. The molecule has 86 valence electrons. The van der Waals surface area contributed by atoms with Crippen LogP contribution >= 0.6 is 11.6 Å². The fraction of sp³-hybridized carbons (Fsp3) is 0.400. The zero-order chi connectivity index (χ0) is 11.2. The summed E-state index contributed by atoms with van der Waals surface area (Å²) in [5, 5.41) is 0. The topological polar surface area (TPSA) is 55.7 Å². The summed E-state index contributed by atoms with van der Waals surface area (Å²) in [6.07, 6.45) is 7.14. The summed E-state index contributed by atoms with van der Waals surface area (Å²) >= 11 is 5.52. The van der Waals surface area contributed by atoms with Gasteiger partial charge in [0.15, 0.2) is 11.6 Å². The highest BCUT2D eigenvalue weighted by molar-refractivity contribution is 6.17. The van der Waals surface area contributed by atoms with Gasteiger partial charge in [-0.1, -0.05) is 0 Å². The van der Waals surface area contributed by atoms with Crippen LogP contribution in [0, 0.1) is 0 Å². The SMILES string of the molecule is ClCCOCCn1ccnc1-c1ncc[nH]1. The number of rotatable bonds is 6. The molecule has 0 aliphatic heterocycles. The van der Waals surface area contributed by atoms with Crippen molar-refractivity contribution in [2.24, 2.45) is 0 Å². The lowest BCUT2D eigenvalue weighted by Crippen LogP contribution is -2.08. The number of hydrogen-bond donors (Lipinski definition) is 1. The van der Waals surface area contributed by atoms with Gasteiger partial charge in [0.1, 0.15) is 0 Å². The Morgan fingerprint density at radius 3 is 3.00 bits per heavy atom. The van der Waals surface area contributed by atoms with Crippen molar-refractivity contribution in [2.75, 3.05) is 19.1 Å². The zero-order valence-electron chi connectivity index (χ0n) is 8.77. The first-order valence-electron chi connectivity index (χ1n) is 5.06. The minimum absolute atomic E-state index is 0.523. The summed E-state index contributed by atoms with van der Waals surface area (Å²) < 4.78 is 7.31. The van der Waals surface area contributed by atoms with Crippen LogP contribution in [0.4, 0.5) is 0 Å². The maximum absolute atomic E-state index is 5.52. The van der Waals surface area contributed by atoms with Crippen LogP contribution < -0.4 is 0 Å². The second kappa shape index (κ2) is 5.67. The molecule has 0 atom stereocenters. The van der Waals surface area contributed by atoms with E-state index in [2.05, 4.69) is 15.0 Å². The number of ether oxygens (including phenoxy) is 1. The average molecular weight is 241 g/mol. The predicted octanol–water partition coefficient (Wildman–Crippen LogP) is 1.53. The Kier molecular flexibility index (Phi) is 3.96. The molecule has 0 aliphatic rings. The Bertz CT molecular complexity index is 412. The fourth-order valence-electron chi connectivity index (χ4n) is 1.41. The van der Waals surface area contributed by atoms with Crippen LogP contribution in [0.15, 0.2) is 24.8 Å². The molecule has 6 heteroatoms. The molecule has 16 heavy (non-hydrogen) atoms. The fourth-order valence-corrected chi connectivity index (χ4v) is 1.52. The normalized spacial score (nSPS) is 10.8. The Morgan fingerprint density at radius 1 is 1.31 bits per heavy atom. The molecular weight excluding hydrogens is 228 g/mol. The smallest absolute Gasteiger partial charge is 0.176 e. The molecule has 2 aromatic heterocycles. The standard InChI is InChI=1S/C10H13ClN4O/c11-1-7-16-8-6-15-5-4-14-10(15)9-12-2-3-13-9/h2-5H,1,6-8H2,(H,12,13). The van der Waals surface area contributed by atoms with E-state index in [4.69, 9.17) is 16.3 Å². The van der Waals surface area contributed by atoms with E-state index in [0.717, 1.165) is 18.2 Å². The van der Waals surface area contributed by atoms with Crippen LogP contribution in [0.3, 0.4) is 0 Å². The minimum Gasteiger partial charge on any atom is -0.378 e. The summed E-state index contributed by atoms with van der Waals surface area (Å²) in [6.45, 7) is 1.94. The van der Waals surface area contributed by atoms with Gasteiger partial charge in [0.25, 0.3) is 0 Å². The number of aromatic amines is 1. The van der Waals surface area contributed by atoms with Crippen LogP contribution in [0.25, 0.3) is 11.6 Å². The van der Waals surface area contributed by atoms with Gasteiger partial charge in [0, 0.05) is 37.2 Å². The molecule has 0 bridgehead atoms. The van der Waals surface area contributed by atoms with E-state index in [1.54, 1.807) is 18.6 Å². The third-order valence-electron chi connectivity index (χ3n) is 2.12. The van der Waals surface area contributed by atoms with Gasteiger partial charge in [0.05, 0.1) is 13.2 Å². The molecular formula is C10H13ClN4O. The molecule has 2 aromatic rings. The lowest BCUT2D eigenvalue weighted by Gasteiger charge is -2.06. The van der Waals surface area contributed by atoms with Crippen molar-refractivity contribution in [1.82, 2.24) is 19.5 Å². The molecule has 2 heterocycles. The Morgan fingerprint density at radius 2 is 2.25 bits per heavy atom. The summed E-state index contributed by atoms with van der Waals surface area (Å²) in [6, 6.07) is 0. The highest BCUT2D eigenvalue weighted by Crippen LogP contribution is 2.11. The number of H-pyrrole nitrogens is 1. The molecule has 0 aromatic carbocycles. The highest BCUT2D eigenvalue weighted by atomic mass is 35.5. The van der Waals surface area contributed by atoms with Gasteiger partial charge < -0.3 is 14.3 Å². The summed E-state index contributed by atoms with van der Waals surface area (Å²) in [4.78, 5) is 11.4. The van der Waals surface area contributed by atoms with Crippen LogP contribution in [0.5, 0.6) is 0 Å². The van der Waals surface area contributed by atoms with Crippen molar-refractivity contribution in [1.29, 1.82) is 0 Å². The predicted molar refractivity (Wildman–Crippen MR) is 61.3 cm³/mol. The van der Waals surface area contributed by atoms with Gasteiger partial charge in [-0.3, -0.25) is 0 Å². The molecule has 0 unspecified atom stereocenters. The van der Waals surface area contributed by atoms with Crippen molar-refractivity contribution in [3.8, 4) is 11.6 Å². The first-order chi connectivity index (χ1) is 7.92. The van der Waals surface area contributed by atoms with E-state index in [1.807, 2.05) is 10.8 Å². The van der Waals surface area contributed by atoms with Gasteiger partial charge in [-0.05, 0) is 0 Å². The first-order valence-corrected chi connectivity index (χ1v) is 5.60. The van der Waals surface area contributed by atoms with E-state index in [1.165, 1.54) is 0 Å². The van der Waals surface area contributed by atoms with E-state index >= 15 is 0 Å². The number of halogens is 1. The molecule has 1 N–H and O–H groups in total. The second-order valence-corrected chi connectivity index (χ2v) is 3.56. The van der Waals surface area contributed by atoms with Crippen molar-refractivity contribution in [3.05, 3.63) is 24.8 Å². The largest absolute Gasteiger partial charge is 0.378 e. The molecule has 0 fully saturated rings. The summed E-state index contributed by atoms with van der Waals surface area (Å²) in [5.41, 5.74) is 0. The number of alkyl halides is 1. The quantitative estimate of drug-likeness (QED) is 0.615. The van der Waals surface area contributed by atoms with Crippen molar-refractivity contribution >= 4 is 11.6 Å². The summed E-state index contributed by atoms with van der Waals surface area (Å²) in [7, 11) is 0. The van der Waals surface area contributed by atoms with Gasteiger partial charge in [-0.15, -0.1) is 11.6 Å². The minimum atomic E-state index is 0.523. The third kappa shape index (κ3) is 2.62. The van der Waals surface area contributed by atoms with E-state index in [9.17, 15) is 0 Å². The molecule has 0 saturated heterocycles. The number of aromatic nitrogens is 4. The Balaban J connectivity index is 1.97. The second-order valence-electron chi connectivity index (χ2n) is 3.18. The zero-order valence-corrected chi connectivity index (χ0v) is 9.52. The van der Waals surface area contributed by atoms with Gasteiger partial charge >= 0.3 is 0 Å². The van der Waals surface area contributed by atoms with E-state index in [-0.39, 0.29) is 0 Å². The van der Waals surface area contributed by atoms with Crippen LogP contribution in [-0.4, -0.2) is 38.6 Å². The average Bonchev–Trinajstić information content (AvgIpc) is 2.94. The molecule has 2 rings (SSSR count). The van der Waals surface area contributed by atoms with Gasteiger partial charge in [0.2, 0.25) is 0 Å². The maximum Gasteiger partial charge on any atom is 0.176 e. The van der Waals surface area contributed by atoms with Crippen molar-refractivity contribution in [2.45, 2.75) is 6.54 Å². The van der Waals surface area contributed by atoms with Gasteiger partial charge in [-0.2, -0.15) is 0 Å². The van der Waals surface area contributed by atoms with E-state index < -0.39 is 0 Å². The molecule has 0 amide bonds. The van der Waals surface area contributed by atoms with Crippen LogP contribution in [-0.2, 0) is 11.3 Å². The first kappa shape index (κ1) is 11.2.